The van der Waals surface area contributed by atoms with Crippen molar-refractivity contribution in [2.45, 2.75) is 6.92 Å². The zero-order chi connectivity index (χ0) is 11.4. The topological polar surface area (TPSA) is 26.3 Å². The van der Waals surface area contributed by atoms with Crippen molar-refractivity contribution in [3.63, 3.8) is 0 Å². The van der Waals surface area contributed by atoms with Crippen LogP contribution in [0, 0.1) is 0 Å². The van der Waals surface area contributed by atoms with E-state index in [2.05, 4.69) is 4.94 Å². The fraction of sp³-hybridized carbons (Fsp3) is 0.154. The van der Waals surface area contributed by atoms with E-state index in [0.717, 1.165) is 15.6 Å². The summed E-state index contributed by atoms with van der Waals surface area (Å²) < 4.78 is 5.88. The second kappa shape index (κ2) is 5.15. The Morgan fingerprint density at radius 2 is 2.00 bits per heavy atom. The molecule has 3 heteroatoms. The van der Waals surface area contributed by atoms with Gasteiger partial charge in [-0.1, -0.05) is 0 Å². The fourth-order valence-corrected chi connectivity index (χ4v) is 3.20. The monoisotopic (exact) mass is 280 g/mol. The molecule has 0 fully saturated rings. The molecule has 0 radical (unpaired) electrons. The summed E-state index contributed by atoms with van der Waals surface area (Å²) in [7, 11) is 0. The first kappa shape index (κ1) is 11.2. The zero-order valence-corrected chi connectivity index (χ0v) is 10.7. The van der Waals surface area contributed by atoms with Crippen LogP contribution in [0.1, 0.15) is 16.2 Å². The van der Waals surface area contributed by atoms with Crippen LogP contribution in [0.25, 0.3) is 11.1 Å². The second-order valence-electron chi connectivity index (χ2n) is 3.25. The normalized spacial score (nSPS) is 10.1. The number of carbonyl (C=O) groups excluding carboxylic acids is 1. The van der Waals surface area contributed by atoms with Gasteiger partial charge in [-0.15, -0.1) is 0 Å². The number of carbonyl (C=O) groups is 1. The molecular formula is C13H12O2Se. The summed E-state index contributed by atoms with van der Waals surface area (Å²) in [6.45, 7) is 2.26. The van der Waals surface area contributed by atoms with Crippen LogP contribution in [0.5, 0.6) is 0 Å². The van der Waals surface area contributed by atoms with Gasteiger partial charge in [0.05, 0.1) is 0 Å². The third kappa shape index (κ3) is 2.26. The zero-order valence-electron chi connectivity index (χ0n) is 8.97. The summed E-state index contributed by atoms with van der Waals surface area (Å²) in [5, 5.41) is 0. The van der Waals surface area contributed by atoms with Gasteiger partial charge < -0.3 is 0 Å². The van der Waals surface area contributed by atoms with Crippen LogP contribution in [0.3, 0.4) is 0 Å². The van der Waals surface area contributed by atoms with Crippen LogP contribution in [0.2, 0.25) is 0 Å². The summed E-state index contributed by atoms with van der Waals surface area (Å²) in [5.74, 6) is -0.175. The summed E-state index contributed by atoms with van der Waals surface area (Å²) in [5.41, 5.74) is 2.10. The van der Waals surface area contributed by atoms with E-state index in [-0.39, 0.29) is 20.5 Å². The molecule has 0 aliphatic carbocycles. The summed E-state index contributed by atoms with van der Waals surface area (Å²) in [6, 6.07) is 12.0. The van der Waals surface area contributed by atoms with Gasteiger partial charge in [-0.05, 0) is 0 Å². The Morgan fingerprint density at radius 1 is 1.25 bits per heavy atom. The second-order valence-corrected chi connectivity index (χ2v) is 5.17. The average molecular weight is 279 g/mol. The van der Waals surface area contributed by atoms with Gasteiger partial charge in [-0.25, -0.2) is 0 Å². The summed E-state index contributed by atoms with van der Waals surface area (Å²) >= 11 is 0.109. The van der Waals surface area contributed by atoms with Crippen molar-refractivity contribution in [2.24, 2.45) is 0 Å². The Morgan fingerprint density at radius 3 is 2.69 bits per heavy atom. The van der Waals surface area contributed by atoms with Crippen molar-refractivity contribution in [3.8, 4) is 11.1 Å². The Hall–Kier alpha value is -1.31. The van der Waals surface area contributed by atoms with Crippen molar-refractivity contribution < 1.29 is 9.53 Å². The molecule has 2 aromatic rings. The van der Waals surface area contributed by atoms with Crippen LogP contribution in [-0.4, -0.2) is 27.1 Å². The molecule has 2 rings (SSSR count). The van der Waals surface area contributed by atoms with E-state index < -0.39 is 0 Å². The molecule has 2 nitrogen and oxygen atoms in total. The van der Waals surface area contributed by atoms with Crippen LogP contribution in [0.15, 0.2) is 41.3 Å². The van der Waals surface area contributed by atoms with Crippen molar-refractivity contribution in [1.29, 1.82) is 0 Å². The first-order valence-electron chi connectivity index (χ1n) is 5.13. The molecule has 0 amide bonds. The molecule has 1 aromatic carbocycles. The molecule has 82 valence electrons. The molecule has 0 atom stereocenters. The number of benzene rings is 1. The molecule has 0 bridgehead atoms. The van der Waals surface area contributed by atoms with Crippen molar-refractivity contribution >= 4 is 20.5 Å². The SMILES string of the molecule is CCOC(=O)c1[se]ccc1-c1ccccc1. The van der Waals surface area contributed by atoms with Gasteiger partial charge in [0.2, 0.25) is 0 Å². The minimum absolute atomic E-state index is 0.109. The van der Waals surface area contributed by atoms with E-state index in [4.69, 9.17) is 4.74 Å². The van der Waals surface area contributed by atoms with Crippen LogP contribution < -0.4 is 0 Å². The van der Waals surface area contributed by atoms with E-state index >= 15 is 0 Å². The molecule has 0 saturated carbocycles. The van der Waals surface area contributed by atoms with Gasteiger partial charge in [-0.3, -0.25) is 0 Å². The van der Waals surface area contributed by atoms with E-state index in [1.165, 1.54) is 0 Å². The van der Waals surface area contributed by atoms with Crippen LogP contribution in [-0.2, 0) is 4.74 Å². The summed E-state index contributed by atoms with van der Waals surface area (Å²) in [4.78, 5) is 13.8. The van der Waals surface area contributed by atoms with Gasteiger partial charge in [0.25, 0.3) is 0 Å². The third-order valence-electron chi connectivity index (χ3n) is 2.21. The predicted octanol–water partition coefficient (Wildman–Crippen LogP) is 2.59. The first-order valence-corrected chi connectivity index (χ1v) is 6.97. The number of hydrogen-bond donors (Lipinski definition) is 0. The van der Waals surface area contributed by atoms with Gasteiger partial charge in [-0.2, -0.15) is 0 Å². The molecule has 16 heavy (non-hydrogen) atoms. The van der Waals surface area contributed by atoms with Crippen molar-refractivity contribution in [1.82, 2.24) is 0 Å². The fourth-order valence-electron chi connectivity index (χ4n) is 1.51. The number of rotatable bonds is 3. The van der Waals surface area contributed by atoms with Crippen LogP contribution in [0.4, 0.5) is 0 Å². The minimum atomic E-state index is -0.175. The van der Waals surface area contributed by atoms with Gasteiger partial charge >= 0.3 is 100 Å². The molecule has 1 heterocycles. The third-order valence-corrected chi connectivity index (χ3v) is 4.09. The Balaban J connectivity index is 2.37. The number of esters is 1. The van der Waals surface area contributed by atoms with Gasteiger partial charge in [0, 0.05) is 0 Å². The molecule has 1 aromatic heterocycles. The van der Waals surface area contributed by atoms with E-state index in [9.17, 15) is 4.79 Å². The molecule has 0 saturated heterocycles. The predicted molar refractivity (Wildman–Crippen MR) is 64.8 cm³/mol. The van der Waals surface area contributed by atoms with E-state index in [1.807, 2.05) is 43.3 Å². The van der Waals surface area contributed by atoms with Gasteiger partial charge in [0.1, 0.15) is 0 Å². The molecular weight excluding hydrogens is 267 g/mol. The Bertz CT molecular complexity index is 474. The van der Waals surface area contributed by atoms with Gasteiger partial charge in [0.15, 0.2) is 0 Å². The maximum absolute atomic E-state index is 11.7. The quantitative estimate of drug-likeness (QED) is 0.637. The molecule has 0 unspecified atom stereocenters. The average Bonchev–Trinajstić information content (AvgIpc) is 2.79. The van der Waals surface area contributed by atoms with Crippen molar-refractivity contribution in [2.75, 3.05) is 6.61 Å². The Kier molecular flexibility index (Phi) is 3.60. The maximum atomic E-state index is 11.7. The number of ether oxygens (including phenoxy) is 1. The van der Waals surface area contributed by atoms with Crippen LogP contribution >= 0.6 is 0 Å². The molecule has 0 aliphatic rings. The standard InChI is InChI=1S/C13H12O2Se/c1-2-15-13(14)12-11(8-9-16-12)10-6-4-3-5-7-10/h3-9H,2H2,1H3. The number of hydrogen-bond acceptors (Lipinski definition) is 2. The molecule has 0 aliphatic heterocycles. The molecule has 0 N–H and O–H groups in total. The summed E-state index contributed by atoms with van der Waals surface area (Å²) in [6.07, 6.45) is 0. The van der Waals surface area contributed by atoms with E-state index in [1.54, 1.807) is 0 Å². The first-order chi connectivity index (χ1) is 7.83. The van der Waals surface area contributed by atoms with E-state index in [0.29, 0.717) is 6.61 Å². The molecule has 0 spiro atoms. The van der Waals surface area contributed by atoms with Crippen molar-refractivity contribution in [3.05, 3.63) is 45.8 Å². The Labute approximate surface area is 101 Å².